The minimum absolute atomic E-state index is 0.0165. The number of H-pyrrole nitrogens is 1. The standard InChI is InChI=1S/C18H19N7O/c26-18(13-4-3-9-25(12-13)16-11-19-7-8-21-16)23-15-10-22-24-17(15)14-5-1-2-6-20-14/h1-2,5-8,10-11,13H,3-4,9,12H2,(H,22,24)(H,23,26). The van der Waals surface area contributed by atoms with Gasteiger partial charge in [-0.1, -0.05) is 6.07 Å². The van der Waals surface area contributed by atoms with Gasteiger partial charge in [-0.25, -0.2) is 4.98 Å². The van der Waals surface area contributed by atoms with Gasteiger partial charge < -0.3 is 10.2 Å². The third kappa shape index (κ3) is 3.39. The molecule has 4 heterocycles. The maximum absolute atomic E-state index is 12.8. The Morgan fingerprint density at radius 1 is 1.19 bits per heavy atom. The van der Waals surface area contributed by atoms with E-state index in [2.05, 4.69) is 35.4 Å². The van der Waals surface area contributed by atoms with Crippen LogP contribution < -0.4 is 10.2 Å². The van der Waals surface area contributed by atoms with Crippen LogP contribution >= 0.6 is 0 Å². The zero-order valence-electron chi connectivity index (χ0n) is 14.2. The first-order valence-electron chi connectivity index (χ1n) is 8.58. The summed E-state index contributed by atoms with van der Waals surface area (Å²) in [7, 11) is 0. The van der Waals surface area contributed by atoms with Crippen LogP contribution in [0.25, 0.3) is 11.4 Å². The first kappa shape index (κ1) is 16.2. The number of anilines is 2. The van der Waals surface area contributed by atoms with Crippen LogP contribution in [-0.2, 0) is 4.79 Å². The van der Waals surface area contributed by atoms with Gasteiger partial charge in [-0.15, -0.1) is 0 Å². The van der Waals surface area contributed by atoms with Crippen molar-refractivity contribution in [3.05, 3.63) is 49.2 Å². The van der Waals surface area contributed by atoms with Crippen LogP contribution in [-0.4, -0.2) is 44.1 Å². The van der Waals surface area contributed by atoms with E-state index in [1.165, 1.54) is 0 Å². The highest BCUT2D eigenvalue weighted by Crippen LogP contribution is 2.26. The fraction of sp³-hybridized carbons (Fsp3) is 0.278. The van der Waals surface area contributed by atoms with E-state index in [1.54, 1.807) is 31.0 Å². The van der Waals surface area contributed by atoms with E-state index in [-0.39, 0.29) is 11.8 Å². The molecule has 3 aromatic rings. The second kappa shape index (κ2) is 7.30. The molecule has 1 unspecified atom stereocenters. The topological polar surface area (TPSA) is 99.7 Å². The van der Waals surface area contributed by atoms with Crippen LogP contribution in [0.2, 0.25) is 0 Å². The fourth-order valence-electron chi connectivity index (χ4n) is 3.18. The highest BCUT2D eigenvalue weighted by Gasteiger charge is 2.27. The lowest BCUT2D eigenvalue weighted by molar-refractivity contribution is -0.120. The van der Waals surface area contributed by atoms with Crippen LogP contribution in [0.3, 0.4) is 0 Å². The van der Waals surface area contributed by atoms with Crippen LogP contribution in [0.4, 0.5) is 11.5 Å². The Balaban J connectivity index is 1.47. The smallest absolute Gasteiger partial charge is 0.229 e. The molecule has 132 valence electrons. The molecule has 1 fully saturated rings. The molecule has 8 nitrogen and oxygen atoms in total. The number of carbonyl (C=O) groups is 1. The number of nitrogens with one attached hydrogen (secondary N) is 2. The molecule has 0 aliphatic carbocycles. The van der Waals surface area contributed by atoms with Crippen molar-refractivity contribution >= 4 is 17.4 Å². The molecule has 0 spiro atoms. The Morgan fingerprint density at radius 3 is 2.96 bits per heavy atom. The zero-order chi connectivity index (χ0) is 17.8. The van der Waals surface area contributed by atoms with E-state index in [0.717, 1.165) is 30.9 Å². The Labute approximate surface area is 150 Å². The molecule has 1 atom stereocenters. The van der Waals surface area contributed by atoms with Crippen molar-refractivity contribution in [2.45, 2.75) is 12.8 Å². The predicted octanol–water partition coefficient (Wildman–Crippen LogP) is 2.12. The predicted molar refractivity (Wildman–Crippen MR) is 97.4 cm³/mol. The molecule has 4 rings (SSSR count). The normalized spacial score (nSPS) is 17.1. The van der Waals surface area contributed by atoms with Crippen molar-refractivity contribution in [1.29, 1.82) is 0 Å². The molecule has 26 heavy (non-hydrogen) atoms. The van der Waals surface area contributed by atoms with Gasteiger partial charge in [0.1, 0.15) is 11.5 Å². The number of aromatic amines is 1. The highest BCUT2D eigenvalue weighted by molar-refractivity contribution is 5.96. The number of amides is 1. The number of aromatic nitrogens is 5. The molecular formula is C18H19N7O. The van der Waals surface area contributed by atoms with Crippen molar-refractivity contribution in [2.24, 2.45) is 5.92 Å². The number of rotatable bonds is 4. The molecule has 0 radical (unpaired) electrons. The van der Waals surface area contributed by atoms with Crippen LogP contribution in [0, 0.1) is 5.92 Å². The monoisotopic (exact) mass is 349 g/mol. The molecular weight excluding hydrogens is 330 g/mol. The lowest BCUT2D eigenvalue weighted by Gasteiger charge is -2.32. The van der Waals surface area contributed by atoms with Gasteiger partial charge in [-0.3, -0.25) is 19.9 Å². The zero-order valence-corrected chi connectivity index (χ0v) is 14.2. The van der Waals surface area contributed by atoms with Crippen LogP contribution in [0.1, 0.15) is 12.8 Å². The summed E-state index contributed by atoms with van der Waals surface area (Å²) in [6, 6.07) is 5.62. The molecule has 1 aliphatic heterocycles. The molecule has 1 saturated heterocycles. The molecule has 0 saturated carbocycles. The summed E-state index contributed by atoms with van der Waals surface area (Å²) >= 11 is 0. The van der Waals surface area contributed by atoms with E-state index in [9.17, 15) is 4.79 Å². The summed E-state index contributed by atoms with van der Waals surface area (Å²) in [4.78, 5) is 27.7. The van der Waals surface area contributed by atoms with Gasteiger partial charge in [-0.05, 0) is 25.0 Å². The molecule has 2 N–H and O–H groups in total. The number of hydrogen-bond donors (Lipinski definition) is 2. The summed E-state index contributed by atoms with van der Waals surface area (Å²) < 4.78 is 0. The molecule has 1 amide bonds. The lowest BCUT2D eigenvalue weighted by atomic mass is 9.97. The number of nitrogens with zero attached hydrogens (tertiary/aromatic N) is 5. The van der Waals surface area contributed by atoms with Crippen molar-refractivity contribution in [3.63, 3.8) is 0 Å². The number of hydrogen-bond acceptors (Lipinski definition) is 6. The quantitative estimate of drug-likeness (QED) is 0.748. The van der Waals surface area contributed by atoms with Crippen LogP contribution in [0.15, 0.2) is 49.2 Å². The maximum atomic E-state index is 12.8. The maximum Gasteiger partial charge on any atom is 0.229 e. The third-order valence-corrected chi connectivity index (χ3v) is 4.48. The summed E-state index contributed by atoms with van der Waals surface area (Å²) in [5.74, 6) is 0.678. The Morgan fingerprint density at radius 2 is 2.15 bits per heavy atom. The van der Waals surface area contributed by atoms with Crippen molar-refractivity contribution in [3.8, 4) is 11.4 Å². The van der Waals surface area contributed by atoms with Gasteiger partial charge >= 0.3 is 0 Å². The number of carbonyl (C=O) groups excluding carboxylic acids is 1. The number of piperidine rings is 1. The molecule has 0 bridgehead atoms. The second-order valence-corrected chi connectivity index (χ2v) is 6.21. The van der Waals surface area contributed by atoms with Crippen molar-refractivity contribution in [1.82, 2.24) is 25.1 Å². The van der Waals surface area contributed by atoms with Crippen LogP contribution in [0.5, 0.6) is 0 Å². The Bertz CT molecular complexity index is 866. The summed E-state index contributed by atoms with van der Waals surface area (Å²) in [6.45, 7) is 1.51. The first-order valence-corrected chi connectivity index (χ1v) is 8.58. The van der Waals surface area contributed by atoms with Gasteiger partial charge in [0.2, 0.25) is 5.91 Å². The molecule has 1 aliphatic rings. The minimum Gasteiger partial charge on any atom is -0.355 e. The largest absolute Gasteiger partial charge is 0.355 e. The molecule has 8 heteroatoms. The third-order valence-electron chi connectivity index (χ3n) is 4.48. The highest BCUT2D eigenvalue weighted by atomic mass is 16.1. The minimum atomic E-state index is -0.114. The molecule has 0 aromatic carbocycles. The van der Waals surface area contributed by atoms with Gasteiger partial charge in [0.25, 0.3) is 0 Å². The SMILES string of the molecule is O=C(Nc1cn[nH]c1-c1ccccn1)C1CCCN(c2cnccn2)C1. The summed E-state index contributed by atoms with van der Waals surface area (Å²) in [5, 5.41) is 9.96. The first-order chi connectivity index (χ1) is 12.8. The summed E-state index contributed by atoms with van der Waals surface area (Å²) in [5.41, 5.74) is 2.09. The average Bonchev–Trinajstić information content (AvgIpc) is 3.17. The fourth-order valence-corrected chi connectivity index (χ4v) is 3.18. The van der Waals surface area contributed by atoms with E-state index in [0.29, 0.717) is 17.9 Å². The lowest BCUT2D eigenvalue weighted by Crippen LogP contribution is -2.41. The summed E-state index contributed by atoms with van der Waals surface area (Å²) in [6.07, 6.45) is 10.2. The Hall–Kier alpha value is -3.29. The van der Waals surface area contributed by atoms with Crippen molar-refractivity contribution < 1.29 is 4.79 Å². The second-order valence-electron chi connectivity index (χ2n) is 6.21. The van der Waals surface area contributed by atoms with Gasteiger partial charge in [-0.2, -0.15) is 5.10 Å². The van der Waals surface area contributed by atoms with Crippen molar-refractivity contribution in [2.75, 3.05) is 23.3 Å². The molecule has 3 aromatic heterocycles. The van der Waals surface area contributed by atoms with E-state index in [4.69, 9.17) is 0 Å². The van der Waals surface area contributed by atoms with Gasteiger partial charge in [0.05, 0.1) is 29.7 Å². The van der Waals surface area contributed by atoms with Gasteiger partial charge in [0, 0.05) is 31.7 Å². The van der Waals surface area contributed by atoms with E-state index < -0.39 is 0 Å². The van der Waals surface area contributed by atoms with E-state index in [1.807, 2.05) is 18.2 Å². The Kier molecular flexibility index (Phi) is 4.55. The van der Waals surface area contributed by atoms with Gasteiger partial charge in [0.15, 0.2) is 0 Å². The number of pyridine rings is 1. The average molecular weight is 349 g/mol. The van der Waals surface area contributed by atoms with E-state index >= 15 is 0 Å².